The number of pyridine rings is 1. The number of carbonyl (C=O) groups excluding carboxylic acids is 1. The average Bonchev–Trinajstić information content (AvgIpc) is 3.17. The molecule has 4 rings (SSSR count). The highest BCUT2D eigenvalue weighted by atomic mass is 28.3. The van der Waals surface area contributed by atoms with Crippen LogP contribution >= 0.6 is 0 Å². The molecule has 1 unspecified atom stereocenters. The van der Waals surface area contributed by atoms with Gasteiger partial charge in [0.1, 0.15) is 23.9 Å². The third kappa shape index (κ3) is 7.27. The van der Waals surface area contributed by atoms with E-state index in [4.69, 9.17) is 14.2 Å². The van der Waals surface area contributed by atoms with Gasteiger partial charge in [0.2, 0.25) is 0 Å². The van der Waals surface area contributed by atoms with Crippen LogP contribution in [-0.4, -0.2) is 43.2 Å². The monoisotopic (exact) mass is 584 g/mol. The van der Waals surface area contributed by atoms with Crippen LogP contribution in [0.2, 0.25) is 25.7 Å². The zero-order valence-corrected chi connectivity index (χ0v) is 23.9. The highest BCUT2D eigenvalue weighted by molar-refractivity contribution is 6.76. The standard InChI is InChI=1S/C28H33F5N2O4Si/c1-17(19-14-38-15-19)9-20(36)10-18-11-22(29)26(23(30)12-18)39-24-5-6-34-27-25(24)21(28(31,32)33)13-35(27)16-37-7-8-40(2,3)4/h5-6,11-13,17,19H,7-10,14-16H2,1-4H3. The van der Waals surface area contributed by atoms with Crippen molar-refractivity contribution in [3.8, 4) is 11.5 Å². The number of Topliss-reactive ketones (excluding diaryl/α,β-unsaturated/α-hetero) is 1. The highest BCUT2D eigenvalue weighted by Crippen LogP contribution is 2.42. The molecule has 1 saturated heterocycles. The molecule has 2 aromatic heterocycles. The molecule has 1 atom stereocenters. The van der Waals surface area contributed by atoms with Crippen LogP contribution in [0.3, 0.4) is 0 Å². The summed E-state index contributed by atoms with van der Waals surface area (Å²) >= 11 is 0. The summed E-state index contributed by atoms with van der Waals surface area (Å²) in [7, 11) is -1.41. The van der Waals surface area contributed by atoms with Crippen molar-refractivity contribution in [2.45, 2.75) is 58.4 Å². The van der Waals surface area contributed by atoms with Crippen LogP contribution in [-0.2, 0) is 33.6 Å². The number of hydrogen-bond donors (Lipinski definition) is 0. The first-order valence-electron chi connectivity index (χ1n) is 13.1. The zero-order chi connectivity index (χ0) is 29.2. The Kier molecular flexibility index (Phi) is 9.01. The third-order valence-corrected chi connectivity index (χ3v) is 8.64. The van der Waals surface area contributed by atoms with Crippen LogP contribution < -0.4 is 4.74 Å². The van der Waals surface area contributed by atoms with E-state index < -0.39 is 48.3 Å². The average molecular weight is 585 g/mol. The molecule has 0 bridgehead atoms. The van der Waals surface area contributed by atoms with E-state index in [1.807, 2.05) is 6.92 Å². The third-order valence-electron chi connectivity index (χ3n) is 6.94. The molecule has 1 aliphatic rings. The number of halogens is 5. The van der Waals surface area contributed by atoms with Crippen LogP contribution in [0, 0.1) is 23.5 Å². The molecular weight excluding hydrogens is 551 g/mol. The predicted octanol–water partition coefficient (Wildman–Crippen LogP) is 7.22. The molecule has 1 aromatic carbocycles. The molecule has 3 heterocycles. The first kappa shape index (κ1) is 30.1. The number of hydrogen-bond acceptors (Lipinski definition) is 5. The van der Waals surface area contributed by atoms with E-state index in [0.29, 0.717) is 25.7 Å². The molecule has 3 aromatic rings. The van der Waals surface area contributed by atoms with Gasteiger partial charge in [0.25, 0.3) is 0 Å². The summed E-state index contributed by atoms with van der Waals surface area (Å²) < 4.78 is 89.3. The molecule has 218 valence electrons. The Morgan fingerprint density at radius 3 is 2.45 bits per heavy atom. The van der Waals surface area contributed by atoms with Crippen molar-refractivity contribution >= 4 is 24.9 Å². The van der Waals surface area contributed by atoms with Gasteiger partial charge in [-0.25, -0.2) is 13.8 Å². The molecule has 0 saturated carbocycles. The van der Waals surface area contributed by atoms with Crippen LogP contribution in [0.15, 0.2) is 30.6 Å². The summed E-state index contributed by atoms with van der Waals surface area (Å²) in [5.74, 6) is -3.32. The molecule has 40 heavy (non-hydrogen) atoms. The number of benzene rings is 1. The van der Waals surface area contributed by atoms with Gasteiger partial charge in [0.15, 0.2) is 17.4 Å². The van der Waals surface area contributed by atoms with Gasteiger partial charge in [-0.3, -0.25) is 4.79 Å². The number of fused-ring (bicyclic) bond motifs is 1. The summed E-state index contributed by atoms with van der Waals surface area (Å²) in [6.07, 6.45) is -2.65. The Labute approximate surface area is 230 Å². The maximum absolute atomic E-state index is 15.0. The van der Waals surface area contributed by atoms with Gasteiger partial charge in [0, 0.05) is 45.8 Å². The molecule has 0 amide bonds. The Morgan fingerprint density at radius 2 is 1.88 bits per heavy atom. The van der Waals surface area contributed by atoms with Gasteiger partial charge >= 0.3 is 6.18 Å². The minimum Gasteiger partial charge on any atom is -0.450 e. The van der Waals surface area contributed by atoms with Crippen molar-refractivity contribution in [2.75, 3.05) is 19.8 Å². The van der Waals surface area contributed by atoms with Crippen molar-refractivity contribution in [3.05, 3.63) is 53.4 Å². The Hall–Kier alpha value is -2.83. The fourth-order valence-corrected chi connectivity index (χ4v) is 5.21. The van der Waals surface area contributed by atoms with E-state index in [1.54, 1.807) is 0 Å². The van der Waals surface area contributed by atoms with Crippen molar-refractivity contribution < 1.29 is 41.0 Å². The van der Waals surface area contributed by atoms with Gasteiger partial charge in [-0.2, -0.15) is 13.2 Å². The lowest BCUT2D eigenvalue weighted by atomic mass is 9.87. The summed E-state index contributed by atoms with van der Waals surface area (Å²) in [6.45, 7) is 9.79. The van der Waals surface area contributed by atoms with E-state index in [2.05, 4.69) is 24.6 Å². The van der Waals surface area contributed by atoms with Crippen molar-refractivity contribution in [2.24, 2.45) is 11.8 Å². The van der Waals surface area contributed by atoms with Gasteiger partial charge < -0.3 is 18.8 Å². The number of aromatic nitrogens is 2. The van der Waals surface area contributed by atoms with E-state index in [0.717, 1.165) is 30.4 Å². The number of ether oxygens (including phenoxy) is 3. The number of rotatable bonds is 12. The second kappa shape index (κ2) is 12.0. The molecule has 0 radical (unpaired) electrons. The summed E-state index contributed by atoms with van der Waals surface area (Å²) in [5.41, 5.74) is -1.04. The van der Waals surface area contributed by atoms with E-state index in [-0.39, 0.29) is 42.5 Å². The smallest absolute Gasteiger partial charge is 0.418 e. The van der Waals surface area contributed by atoms with Gasteiger partial charge in [-0.05, 0) is 35.7 Å². The second-order valence-electron chi connectivity index (χ2n) is 11.6. The lowest BCUT2D eigenvalue weighted by Gasteiger charge is -2.31. The van der Waals surface area contributed by atoms with Crippen LogP contribution in [0.4, 0.5) is 22.0 Å². The number of carbonyl (C=O) groups is 1. The first-order chi connectivity index (χ1) is 18.7. The predicted molar refractivity (Wildman–Crippen MR) is 142 cm³/mol. The number of ketones is 1. The molecule has 0 aliphatic carbocycles. The molecule has 1 aliphatic heterocycles. The van der Waals surface area contributed by atoms with E-state index >= 15 is 0 Å². The van der Waals surface area contributed by atoms with E-state index in [9.17, 15) is 26.7 Å². The fourth-order valence-electron chi connectivity index (χ4n) is 4.46. The van der Waals surface area contributed by atoms with Crippen molar-refractivity contribution in [3.63, 3.8) is 0 Å². The topological polar surface area (TPSA) is 62.6 Å². The number of nitrogens with zero attached hydrogens (tertiary/aromatic N) is 2. The highest BCUT2D eigenvalue weighted by Gasteiger charge is 2.37. The second-order valence-corrected chi connectivity index (χ2v) is 17.2. The maximum Gasteiger partial charge on any atom is 0.418 e. The lowest BCUT2D eigenvalue weighted by molar-refractivity contribution is -0.136. The lowest BCUT2D eigenvalue weighted by Crippen LogP contribution is -2.34. The van der Waals surface area contributed by atoms with Gasteiger partial charge in [-0.1, -0.05) is 26.6 Å². The maximum atomic E-state index is 15.0. The Bertz CT molecular complexity index is 1340. The normalized spacial score (nSPS) is 15.3. The van der Waals surface area contributed by atoms with Gasteiger partial charge in [-0.15, -0.1) is 0 Å². The summed E-state index contributed by atoms with van der Waals surface area (Å²) in [4.78, 5) is 16.5. The zero-order valence-electron chi connectivity index (χ0n) is 22.9. The molecule has 0 N–H and O–H groups in total. The van der Waals surface area contributed by atoms with Crippen molar-refractivity contribution in [1.82, 2.24) is 9.55 Å². The van der Waals surface area contributed by atoms with E-state index in [1.165, 1.54) is 10.8 Å². The van der Waals surface area contributed by atoms with Crippen molar-refractivity contribution in [1.29, 1.82) is 0 Å². The summed E-state index contributed by atoms with van der Waals surface area (Å²) in [5, 5.41) is -0.434. The quantitative estimate of drug-likeness (QED) is 0.128. The molecular formula is C28H33F5N2O4Si. The molecule has 6 nitrogen and oxygen atoms in total. The SMILES string of the molecule is CC(CC(=O)Cc1cc(F)c(Oc2ccnc3c2c(C(F)(F)F)cn3COCC[Si](C)(C)C)c(F)c1)C1COC1. The Morgan fingerprint density at radius 1 is 1.20 bits per heavy atom. The minimum atomic E-state index is -4.78. The molecule has 0 spiro atoms. The fraction of sp³-hybridized carbons (Fsp3) is 0.500. The van der Waals surface area contributed by atoms with Crippen LogP contribution in [0.25, 0.3) is 11.0 Å². The number of alkyl halides is 3. The first-order valence-corrected chi connectivity index (χ1v) is 16.8. The van der Waals surface area contributed by atoms with Crippen LogP contribution in [0.1, 0.15) is 24.5 Å². The van der Waals surface area contributed by atoms with Gasteiger partial charge in [0.05, 0.1) is 24.2 Å². The molecule has 12 heteroatoms. The Balaban J connectivity index is 1.56. The minimum absolute atomic E-state index is 0.0909. The molecule has 1 fully saturated rings. The largest absolute Gasteiger partial charge is 0.450 e. The van der Waals surface area contributed by atoms with Crippen LogP contribution in [0.5, 0.6) is 11.5 Å². The summed E-state index contributed by atoms with van der Waals surface area (Å²) in [6, 6.07) is 3.88.